The molecule has 8 nitrogen and oxygen atoms in total. The van der Waals surface area contributed by atoms with Gasteiger partial charge in [-0.2, -0.15) is 0 Å². The fourth-order valence-electron chi connectivity index (χ4n) is 3.30. The quantitative estimate of drug-likeness (QED) is 0.772. The number of aliphatic hydroxyl groups excluding tert-OH is 1. The molecule has 134 valence electrons. The highest BCUT2D eigenvalue weighted by Crippen LogP contribution is 2.22. The molecule has 0 saturated carbocycles. The van der Waals surface area contributed by atoms with Crippen molar-refractivity contribution in [1.29, 1.82) is 0 Å². The number of rotatable bonds is 3. The van der Waals surface area contributed by atoms with E-state index in [4.69, 9.17) is 4.74 Å². The second-order valence-corrected chi connectivity index (χ2v) is 6.17. The lowest BCUT2D eigenvalue weighted by Gasteiger charge is -2.47. The van der Waals surface area contributed by atoms with E-state index in [1.54, 1.807) is 36.3 Å². The topological polar surface area (TPSA) is 90.4 Å². The maximum Gasteiger partial charge on any atom is 0.254 e. The predicted octanol–water partition coefficient (Wildman–Crippen LogP) is -0.819. The molecule has 0 unspecified atom stereocenters. The Morgan fingerprint density at radius 1 is 1.20 bits per heavy atom. The zero-order valence-electron chi connectivity index (χ0n) is 14.2. The number of benzene rings is 1. The smallest absolute Gasteiger partial charge is 0.254 e. The van der Waals surface area contributed by atoms with Crippen LogP contribution in [-0.2, 0) is 9.59 Å². The first-order valence-electron chi connectivity index (χ1n) is 8.09. The number of hydrogen-bond donors (Lipinski definition) is 1. The Kier molecular flexibility index (Phi) is 4.63. The normalized spacial score (nSPS) is 23.6. The minimum atomic E-state index is -0.840. The van der Waals surface area contributed by atoms with Crippen molar-refractivity contribution in [3.63, 3.8) is 0 Å². The van der Waals surface area contributed by atoms with Crippen molar-refractivity contribution in [1.82, 2.24) is 14.7 Å². The molecule has 1 aromatic rings. The van der Waals surface area contributed by atoms with Gasteiger partial charge >= 0.3 is 0 Å². The first kappa shape index (κ1) is 17.2. The largest absolute Gasteiger partial charge is 0.497 e. The summed E-state index contributed by atoms with van der Waals surface area (Å²) < 4.78 is 5.08. The van der Waals surface area contributed by atoms with E-state index in [1.807, 2.05) is 0 Å². The summed E-state index contributed by atoms with van der Waals surface area (Å²) in [6.07, 6.45) is 0. The third-order valence-corrected chi connectivity index (χ3v) is 4.85. The van der Waals surface area contributed by atoms with E-state index in [9.17, 15) is 19.5 Å². The van der Waals surface area contributed by atoms with Crippen LogP contribution in [0, 0.1) is 0 Å². The molecule has 2 fully saturated rings. The SMILES string of the molecule is COc1ccc(C(=O)N2CCN3C(=O)[C@H](CO)N(C)C(=O)[C@H]3C2)cc1. The minimum Gasteiger partial charge on any atom is -0.497 e. The van der Waals surface area contributed by atoms with Crippen molar-refractivity contribution < 1.29 is 24.2 Å². The first-order chi connectivity index (χ1) is 12.0. The van der Waals surface area contributed by atoms with Crippen molar-refractivity contribution in [2.45, 2.75) is 12.1 Å². The average molecular weight is 347 g/mol. The van der Waals surface area contributed by atoms with Crippen LogP contribution >= 0.6 is 0 Å². The Morgan fingerprint density at radius 3 is 2.48 bits per heavy atom. The van der Waals surface area contributed by atoms with Gasteiger partial charge in [0.1, 0.15) is 17.8 Å². The van der Waals surface area contributed by atoms with Crippen LogP contribution in [0.3, 0.4) is 0 Å². The fraction of sp³-hybridized carbons (Fsp3) is 0.471. The van der Waals surface area contributed by atoms with Gasteiger partial charge in [0.05, 0.1) is 20.3 Å². The third kappa shape index (κ3) is 2.93. The van der Waals surface area contributed by atoms with Crippen molar-refractivity contribution in [2.24, 2.45) is 0 Å². The van der Waals surface area contributed by atoms with Crippen molar-refractivity contribution >= 4 is 17.7 Å². The molecule has 0 aliphatic carbocycles. The van der Waals surface area contributed by atoms with E-state index in [0.717, 1.165) is 0 Å². The standard InChI is InChI=1S/C17H21N3O5/c1-18-14(10-21)17(24)20-8-7-19(9-13(20)16(18)23)15(22)11-3-5-12(25-2)6-4-11/h3-6,13-14,21H,7-10H2,1-2H3/t13-,14+/m1/s1. The van der Waals surface area contributed by atoms with Gasteiger partial charge in [0, 0.05) is 25.7 Å². The number of amides is 3. The summed E-state index contributed by atoms with van der Waals surface area (Å²) >= 11 is 0. The molecule has 3 rings (SSSR count). The molecule has 1 N–H and O–H groups in total. The van der Waals surface area contributed by atoms with E-state index < -0.39 is 18.7 Å². The van der Waals surface area contributed by atoms with Crippen molar-refractivity contribution in [3.8, 4) is 5.75 Å². The number of nitrogens with zero attached hydrogens (tertiary/aromatic N) is 3. The summed E-state index contributed by atoms with van der Waals surface area (Å²) in [6.45, 7) is 0.375. The summed E-state index contributed by atoms with van der Waals surface area (Å²) in [5.74, 6) is -0.0578. The molecule has 0 bridgehead atoms. The molecular weight excluding hydrogens is 326 g/mol. The molecule has 1 aromatic carbocycles. The van der Waals surface area contributed by atoms with E-state index in [2.05, 4.69) is 0 Å². The molecule has 0 spiro atoms. The van der Waals surface area contributed by atoms with Crippen molar-refractivity contribution in [2.75, 3.05) is 40.4 Å². The lowest BCUT2D eigenvalue weighted by molar-refractivity contribution is -0.164. The van der Waals surface area contributed by atoms with Crippen LogP contribution in [-0.4, -0.2) is 90.0 Å². The zero-order chi connectivity index (χ0) is 18.1. The van der Waals surface area contributed by atoms with Crippen molar-refractivity contribution in [3.05, 3.63) is 29.8 Å². The minimum absolute atomic E-state index is 0.151. The predicted molar refractivity (Wildman–Crippen MR) is 88.0 cm³/mol. The Bertz CT molecular complexity index is 690. The highest BCUT2D eigenvalue weighted by molar-refractivity contribution is 5.99. The summed E-state index contributed by atoms with van der Waals surface area (Å²) in [5, 5.41) is 9.36. The lowest BCUT2D eigenvalue weighted by Crippen LogP contribution is -2.70. The third-order valence-electron chi connectivity index (χ3n) is 4.85. The number of ether oxygens (including phenoxy) is 1. The zero-order valence-corrected chi connectivity index (χ0v) is 14.2. The molecule has 2 aliphatic heterocycles. The molecule has 2 saturated heterocycles. The summed E-state index contributed by atoms with van der Waals surface area (Å²) in [4.78, 5) is 42.0. The molecular formula is C17H21N3O5. The summed E-state index contributed by atoms with van der Waals surface area (Å²) in [5.41, 5.74) is 0.505. The second kappa shape index (κ2) is 6.72. The molecule has 0 radical (unpaired) electrons. The Labute approximate surface area is 145 Å². The number of carbonyl (C=O) groups excluding carboxylic acids is 3. The Morgan fingerprint density at radius 2 is 1.88 bits per heavy atom. The number of aliphatic hydroxyl groups is 1. The van der Waals surface area contributed by atoms with E-state index in [1.165, 1.54) is 16.8 Å². The summed E-state index contributed by atoms with van der Waals surface area (Å²) in [7, 11) is 3.06. The van der Waals surface area contributed by atoms with Crippen LogP contribution in [0.25, 0.3) is 0 Å². The van der Waals surface area contributed by atoms with Gasteiger partial charge in [-0.1, -0.05) is 0 Å². The van der Waals surface area contributed by atoms with Crippen LogP contribution in [0.5, 0.6) is 5.75 Å². The molecule has 8 heteroatoms. The lowest BCUT2D eigenvalue weighted by atomic mass is 10.0. The Hall–Kier alpha value is -2.61. The van der Waals surface area contributed by atoms with Crippen LogP contribution in [0.15, 0.2) is 24.3 Å². The van der Waals surface area contributed by atoms with Gasteiger partial charge in [-0.3, -0.25) is 14.4 Å². The van der Waals surface area contributed by atoms with Crippen LogP contribution in [0.1, 0.15) is 10.4 Å². The summed E-state index contributed by atoms with van der Waals surface area (Å²) in [6, 6.07) is 5.23. The van der Waals surface area contributed by atoms with Crippen LogP contribution in [0.4, 0.5) is 0 Å². The first-order valence-corrected chi connectivity index (χ1v) is 8.09. The maximum atomic E-state index is 12.7. The average Bonchev–Trinajstić information content (AvgIpc) is 2.65. The van der Waals surface area contributed by atoms with Gasteiger partial charge < -0.3 is 24.5 Å². The van der Waals surface area contributed by atoms with Gasteiger partial charge in [-0.25, -0.2) is 0 Å². The highest BCUT2D eigenvalue weighted by Gasteiger charge is 2.47. The van der Waals surface area contributed by atoms with Crippen LogP contribution in [0.2, 0.25) is 0 Å². The number of hydrogen-bond acceptors (Lipinski definition) is 5. The number of likely N-dealkylation sites (N-methyl/N-ethyl adjacent to an activating group) is 1. The fourth-order valence-corrected chi connectivity index (χ4v) is 3.30. The number of carbonyl (C=O) groups is 3. The van der Waals surface area contributed by atoms with E-state index >= 15 is 0 Å². The van der Waals surface area contributed by atoms with Gasteiger partial charge in [0.15, 0.2) is 0 Å². The van der Waals surface area contributed by atoms with E-state index in [0.29, 0.717) is 17.9 Å². The number of piperazine rings is 2. The molecule has 2 aliphatic rings. The second-order valence-electron chi connectivity index (χ2n) is 6.17. The maximum absolute atomic E-state index is 12.7. The van der Waals surface area contributed by atoms with Gasteiger partial charge in [0.25, 0.3) is 5.91 Å². The molecule has 2 heterocycles. The molecule has 3 amide bonds. The van der Waals surface area contributed by atoms with Gasteiger partial charge in [-0.05, 0) is 24.3 Å². The Balaban J connectivity index is 1.76. The monoisotopic (exact) mass is 347 g/mol. The number of fused-ring (bicyclic) bond motifs is 1. The van der Waals surface area contributed by atoms with Gasteiger partial charge in [-0.15, -0.1) is 0 Å². The highest BCUT2D eigenvalue weighted by atomic mass is 16.5. The molecule has 25 heavy (non-hydrogen) atoms. The van der Waals surface area contributed by atoms with E-state index in [-0.39, 0.29) is 30.8 Å². The van der Waals surface area contributed by atoms with Gasteiger partial charge in [0.2, 0.25) is 11.8 Å². The van der Waals surface area contributed by atoms with Crippen LogP contribution < -0.4 is 4.74 Å². The number of methoxy groups -OCH3 is 1. The molecule has 0 aromatic heterocycles. The molecule has 2 atom stereocenters.